The van der Waals surface area contributed by atoms with Crippen LogP contribution in [0, 0.1) is 12.3 Å². The molecule has 1 heterocycles. The van der Waals surface area contributed by atoms with Crippen LogP contribution in [0.3, 0.4) is 0 Å². The molecule has 1 amide bonds. The molecule has 6 heteroatoms. The highest BCUT2D eigenvalue weighted by Gasteiger charge is 2.30. The summed E-state index contributed by atoms with van der Waals surface area (Å²) in [6.07, 6.45) is 7.00. The van der Waals surface area contributed by atoms with Crippen molar-refractivity contribution in [2.75, 3.05) is 13.7 Å². The van der Waals surface area contributed by atoms with E-state index in [-0.39, 0.29) is 12.5 Å². The SMILES string of the molecule is C#CCOc1ccc(/C=C2/SC(=Nc3ccc(Cl)cc3)N(C)C2=O)cc1. The molecule has 3 rings (SSSR count). The van der Waals surface area contributed by atoms with E-state index in [1.807, 2.05) is 42.5 Å². The Labute approximate surface area is 161 Å². The Morgan fingerprint density at radius 1 is 1.23 bits per heavy atom. The lowest BCUT2D eigenvalue weighted by molar-refractivity contribution is -0.121. The molecule has 1 saturated heterocycles. The number of rotatable bonds is 4. The van der Waals surface area contributed by atoms with E-state index < -0.39 is 0 Å². The van der Waals surface area contributed by atoms with E-state index in [0.29, 0.717) is 20.8 Å². The topological polar surface area (TPSA) is 41.9 Å². The molecular weight excluding hydrogens is 368 g/mol. The molecule has 0 N–H and O–H groups in total. The molecule has 0 radical (unpaired) electrons. The maximum Gasteiger partial charge on any atom is 0.266 e. The van der Waals surface area contributed by atoms with Crippen LogP contribution in [0.25, 0.3) is 6.08 Å². The van der Waals surface area contributed by atoms with E-state index in [4.69, 9.17) is 22.8 Å². The highest BCUT2D eigenvalue weighted by Crippen LogP contribution is 2.33. The first-order valence-electron chi connectivity index (χ1n) is 7.75. The highest BCUT2D eigenvalue weighted by atomic mass is 35.5. The van der Waals surface area contributed by atoms with Gasteiger partial charge >= 0.3 is 0 Å². The summed E-state index contributed by atoms with van der Waals surface area (Å²) >= 11 is 7.22. The number of amidine groups is 1. The third-order valence-electron chi connectivity index (χ3n) is 3.55. The first-order valence-corrected chi connectivity index (χ1v) is 8.94. The van der Waals surface area contributed by atoms with Crippen molar-refractivity contribution in [2.45, 2.75) is 0 Å². The van der Waals surface area contributed by atoms with E-state index in [2.05, 4.69) is 10.9 Å². The van der Waals surface area contributed by atoms with Crippen LogP contribution < -0.4 is 4.74 Å². The number of halogens is 1. The number of benzene rings is 2. The molecule has 1 aliphatic rings. The molecular formula is C20H15ClN2O2S. The fourth-order valence-corrected chi connectivity index (χ4v) is 3.33. The van der Waals surface area contributed by atoms with Crippen molar-refractivity contribution in [2.24, 2.45) is 4.99 Å². The lowest BCUT2D eigenvalue weighted by Crippen LogP contribution is -2.23. The van der Waals surface area contributed by atoms with Gasteiger partial charge < -0.3 is 4.74 Å². The van der Waals surface area contributed by atoms with Crippen LogP contribution in [-0.2, 0) is 4.79 Å². The van der Waals surface area contributed by atoms with Gasteiger partial charge in [-0.2, -0.15) is 0 Å². The van der Waals surface area contributed by atoms with Crippen molar-refractivity contribution in [1.29, 1.82) is 0 Å². The number of amides is 1. The molecule has 2 aromatic carbocycles. The highest BCUT2D eigenvalue weighted by molar-refractivity contribution is 8.18. The summed E-state index contributed by atoms with van der Waals surface area (Å²) in [5.74, 6) is 3.02. The van der Waals surface area contributed by atoms with Crippen LogP contribution in [0.5, 0.6) is 5.75 Å². The molecule has 0 aliphatic carbocycles. The van der Waals surface area contributed by atoms with E-state index in [1.165, 1.54) is 16.7 Å². The van der Waals surface area contributed by atoms with Crippen LogP contribution in [0.1, 0.15) is 5.56 Å². The minimum absolute atomic E-state index is 0.0876. The molecule has 0 saturated carbocycles. The zero-order valence-corrected chi connectivity index (χ0v) is 15.6. The quantitative estimate of drug-likeness (QED) is 0.574. The minimum atomic E-state index is -0.0876. The van der Waals surface area contributed by atoms with Gasteiger partial charge in [0, 0.05) is 12.1 Å². The fraction of sp³-hybridized carbons (Fsp3) is 0.100. The third kappa shape index (κ3) is 4.29. The van der Waals surface area contributed by atoms with E-state index in [0.717, 1.165) is 11.3 Å². The molecule has 0 bridgehead atoms. The smallest absolute Gasteiger partial charge is 0.266 e. The van der Waals surface area contributed by atoms with Crippen LogP contribution in [-0.4, -0.2) is 29.6 Å². The molecule has 26 heavy (non-hydrogen) atoms. The van der Waals surface area contributed by atoms with E-state index >= 15 is 0 Å². The van der Waals surface area contributed by atoms with Gasteiger partial charge in [-0.15, -0.1) is 6.42 Å². The number of ether oxygens (including phenoxy) is 1. The first kappa shape index (κ1) is 18.1. The van der Waals surface area contributed by atoms with Gasteiger partial charge in [-0.05, 0) is 59.8 Å². The summed E-state index contributed by atoms with van der Waals surface area (Å²) in [5.41, 5.74) is 1.64. The fourth-order valence-electron chi connectivity index (χ4n) is 2.21. The van der Waals surface area contributed by atoms with Crippen molar-refractivity contribution in [3.8, 4) is 18.1 Å². The number of hydrogen-bond donors (Lipinski definition) is 0. The van der Waals surface area contributed by atoms with Crippen molar-refractivity contribution < 1.29 is 9.53 Å². The largest absolute Gasteiger partial charge is 0.481 e. The summed E-state index contributed by atoms with van der Waals surface area (Å²) in [7, 11) is 1.71. The second-order valence-corrected chi connectivity index (χ2v) is 6.85. The predicted molar refractivity (Wildman–Crippen MR) is 108 cm³/mol. The standard InChI is InChI=1S/C20H15ClN2O2S/c1-3-12-25-17-10-4-14(5-11-17)13-18-19(24)23(2)20(26-18)22-16-8-6-15(21)7-9-16/h1,4-11,13H,12H2,2H3/b18-13+,22-20?. The van der Waals surface area contributed by atoms with Gasteiger partial charge in [0.05, 0.1) is 10.6 Å². The Bertz CT molecular complexity index is 912. The van der Waals surface area contributed by atoms with Crippen LogP contribution >= 0.6 is 23.4 Å². The summed E-state index contributed by atoms with van der Waals surface area (Å²) in [4.78, 5) is 19.1. The molecule has 0 aromatic heterocycles. The Hall–Kier alpha value is -2.68. The summed E-state index contributed by atoms with van der Waals surface area (Å²) < 4.78 is 5.34. The molecule has 1 fully saturated rings. The average molecular weight is 383 g/mol. The lowest BCUT2D eigenvalue weighted by Gasteiger charge is -2.07. The molecule has 0 unspecified atom stereocenters. The Morgan fingerprint density at radius 2 is 1.92 bits per heavy atom. The van der Waals surface area contributed by atoms with Crippen LogP contribution in [0.2, 0.25) is 5.02 Å². The van der Waals surface area contributed by atoms with Crippen LogP contribution in [0.4, 0.5) is 5.69 Å². The second kappa shape index (κ2) is 8.13. The Kier molecular flexibility index (Phi) is 5.67. The van der Waals surface area contributed by atoms with Gasteiger partial charge in [0.1, 0.15) is 12.4 Å². The number of nitrogens with zero attached hydrogens (tertiary/aromatic N) is 2. The number of hydrogen-bond acceptors (Lipinski definition) is 4. The second-order valence-electron chi connectivity index (χ2n) is 5.41. The third-order valence-corrected chi connectivity index (χ3v) is 4.87. The number of aliphatic imine (C=N–C) groups is 1. The van der Waals surface area contributed by atoms with E-state index in [9.17, 15) is 4.79 Å². The number of carbonyl (C=O) groups excluding carboxylic acids is 1. The summed E-state index contributed by atoms with van der Waals surface area (Å²) in [6, 6.07) is 14.5. The predicted octanol–water partition coefficient (Wildman–Crippen LogP) is 4.59. The van der Waals surface area contributed by atoms with Crippen LogP contribution in [0.15, 0.2) is 58.4 Å². The number of carbonyl (C=O) groups is 1. The zero-order chi connectivity index (χ0) is 18.5. The van der Waals surface area contributed by atoms with Gasteiger partial charge in [-0.25, -0.2) is 4.99 Å². The normalized spacial score (nSPS) is 17.0. The monoisotopic (exact) mass is 382 g/mol. The van der Waals surface area contributed by atoms with E-state index in [1.54, 1.807) is 19.2 Å². The molecule has 0 spiro atoms. The Balaban J connectivity index is 1.78. The van der Waals surface area contributed by atoms with Crippen molar-refractivity contribution >= 4 is 46.2 Å². The molecule has 2 aromatic rings. The van der Waals surface area contributed by atoms with Gasteiger partial charge in [0.25, 0.3) is 5.91 Å². The number of likely N-dealkylation sites (N-methyl/N-ethyl adjacent to an activating group) is 1. The zero-order valence-electron chi connectivity index (χ0n) is 14.0. The molecule has 1 aliphatic heterocycles. The number of thioether (sulfide) groups is 1. The Morgan fingerprint density at radius 3 is 2.58 bits per heavy atom. The van der Waals surface area contributed by atoms with Gasteiger partial charge in [-0.1, -0.05) is 29.7 Å². The van der Waals surface area contributed by atoms with Crippen molar-refractivity contribution in [3.05, 3.63) is 64.0 Å². The first-order chi connectivity index (χ1) is 12.6. The molecule has 130 valence electrons. The average Bonchev–Trinajstić information content (AvgIpc) is 2.91. The van der Waals surface area contributed by atoms with Crippen molar-refractivity contribution in [3.63, 3.8) is 0 Å². The van der Waals surface area contributed by atoms with Gasteiger partial charge in [0.2, 0.25) is 0 Å². The van der Waals surface area contributed by atoms with Crippen molar-refractivity contribution in [1.82, 2.24) is 4.90 Å². The molecule has 4 nitrogen and oxygen atoms in total. The lowest BCUT2D eigenvalue weighted by atomic mass is 10.2. The van der Waals surface area contributed by atoms with Gasteiger partial charge in [-0.3, -0.25) is 9.69 Å². The van der Waals surface area contributed by atoms with Gasteiger partial charge in [0.15, 0.2) is 5.17 Å². The maximum atomic E-state index is 12.5. The summed E-state index contributed by atoms with van der Waals surface area (Å²) in [6.45, 7) is 0.226. The summed E-state index contributed by atoms with van der Waals surface area (Å²) in [5, 5.41) is 1.27. The number of terminal acetylenes is 1. The maximum absolute atomic E-state index is 12.5. The minimum Gasteiger partial charge on any atom is -0.481 e. The molecule has 0 atom stereocenters.